The first-order chi connectivity index (χ1) is 16.8. The Hall–Kier alpha value is -3.92. The quantitative estimate of drug-likeness (QED) is 0.385. The summed E-state index contributed by atoms with van der Waals surface area (Å²) in [5, 5.41) is 0. The number of hydrogen-bond donors (Lipinski definition) is 2. The van der Waals surface area contributed by atoms with E-state index in [2.05, 4.69) is 48.9 Å². The Morgan fingerprint density at radius 1 is 0.829 bits per heavy atom. The van der Waals surface area contributed by atoms with Crippen LogP contribution in [0.4, 0.5) is 18.9 Å². The second-order valence-electron chi connectivity index (χ2n) is 8.79. The molecular weight excluding hydrogens is 455 g/mol. The molecule has 0 atom stereocenters. The molecule has 0 spiro atoms. The monoisotopic (exact) mass is 477 g/mol. The van der Waals surface area contributed by atoms with Crippen molar-refractivity contribution in [1.82, 2.24) is 29.8 Å². The van der Waals surface area contributed by atoms with Gasteiger partial charge in [0.05, 0.1) is 27.6 Å². The van der Waals surface area contributed by atoms with Gasteiger partial charge in [-0.2, -0.15) is 13.2 Å². The molecule has 4 heterocycles. The van der Waals surface area contributed by atoms with Gasteiger partial charge < -0.3 is 19.8 Å². The zero-order valence-electron chi connectivity index (χ0n) is 18.9. The van der Waals surface area contributed by atoms with Crippen molar-refractivity contribution >= 4 is 27.8 Å². The first-order valence-corrected chi connectivity index (χ1v) is 11.3. The number of piperazine rings is 1. The molecule has 1 aliphatic rings. The van der Waals surface area contributed by atoms with E-state index in [-0.39, 0.29) is 11.5 Å². The van der Waals surface area contributed by atoms with E-state index in [1.54, 1.807) is 6.07 Å². The van der Waals surface area contributed by atoms with Crippen molar-refractivity contribution in [3.05, 3.63) is 60.3 Å². The van der Waals surface area contributed by atoms with Crippen molar-refractivity contribution in [3.63, 3.8) is 0 Å². The number of nitrogens with zero attached hydrogens (tertiary/aromatic N) is 5. The van der Waals surface area contributed by atoms with Crippen LogP contribution in [0.1, 0.15) is 5.56 Å². The molecule has 2 N–H and O–H groups in total. The topological polar surface area (TPSA) is 76.7 Å². The molecule has 1 saturated heterocycles. The molecule has 5 aromatic rings. The van der Waals surface area contributed by atoms with Gasteiger partial charge in [-0.3, -0.25) is 4.98 Å². The SMILES string of the molecule is CN1CCN(c2ccc3nc(-c4ccc5nc(-c6ncccc6C(F)(F)F)[nH]c5c4)[nH]c3c2)CC1. The number of hydrogen-bond acceptors (Lipinski definition) is 5. The Morgan fingerprint density at radius 2 is 1.51 bits per heavy atom. The molecule has 35 heavy (non-hydrogen) atoms. The van der Waals surface area contributed by atoms with Gasteiger partial charge in [-0.25, -0.2) is 9.97 Å². The van der Waals surface area contributed by atoms with E-state index in [4.69, 9.17) is 4.98 Å². The molecule has 2 aromatic carbocycles. The normalized spacial score (nSPS) is 15.4. The number of nitrogens with one attached hydrogen (secondary N) is 2. The minimum Gasteiger partial charge on any atom is -0.369 e. The number of imidazole rings is 2. The molecule has 7 nitrogen and oxygen atoms in total. The molecule has 0 saturated carbocycles. The Kier molecular flexibility index (Phi) is 4.99. The number of aromatic nitrogens is 5. The zero-order chi connectivity index (χ0) is 24.2. The number of likely N-dealkylation sites (N-methyl/N-ethyl adjacent to an activating group) is 1. The Bertz CT molecular complexity index is 1530. The first kappa shape index (κ1) is 21.6. The van der Waals surface area contributed by atoms with Crippen LogP contribution in [0.15, 0.2) is 54.7 Å². The van der Waals surface area contributed by atoms with Crippen molar-refractivity contribution in [2.75, 3.05) is 38.1 Å². The van der Waals surface area contributed by atoms with Gasteiger partial charge in [0, 0.05) is 43.6 Å². The molecule has 0 aliphatic carbocycles. The number of benzene rings is 2. The Balaban J connectivity index is 1.34. The van der Waals surface area contributed by atoms with E-state index in [0.29, 0.717) is 16.9 Å². The third-order valence-corrected chi connectivity index (χ3v) is 6.43. The van der Waals surface area contributed by atoms with Gasteiger partial charge in [-0.1, -0.05) is 0 Å². The van der Waals surface area contributed by atoms with E-state index in [9.17, 15) is 13.2 Å². The van der Waals surface area contributed by atoms with Crippen LogP contribution in [0.2, 0.25) is 0 Å². The fourth-order valence-electron chi connectivity index (χ4n) is 4.49. The first-order valence-electron chi connectivity index (χ1n) is 11.3. The number of fused-ring (bicyclic) bond motifs is 2. The average molecular weight is 477 g/mol. The summed E-state index contributed by atoms with van der Waals surface area (Å²) in [5.74, 6) is 0.758. The van der Waals surface area contributed by atoms with Gasteiger partial charge in [0.1, 0.15) is 11.5 Å². The maximum Gasteiger partial charge on any atom is 0.418 e. The Morgan fingerprint density at radius 3 is 2.29 bits per heavy atom. The summed E-state index contributed by atoms with van der Waals surface area (Å²) in [6.07, 6.45) is -3.20. The summed E-state index contributed by atoms with van der Waals surface area (Å²) in [6.45, 7) is 4.02. The number of pyridine rings is 1. The second kappa shape index (κ2) is 8.09. The molecule has 178 valence electrons. The molecule has 0 radical (unpaired) electrons. The fourth-order valence-corrected chi connectivity index (χ4v) is 4.49. The summed E-state index contributed by atoms with van der Waals surface area (Å²) in [6, 6.07) is 13.9. The minimum absolute atomic E-state index is 0.0755. The number of aromatic amines is 2. The van der Waals surface area contributed by atoms with Crippen molar-refractivity contribution in [2.45, 2.75) is 6.18 Å². The number of halogens is 3. The van der Waals surface area contributed by atoms with Crippen molar-refractivity contribution < 1.29 is 13.2 Å². The summed E-state index contributed by atoms with van der Waals surface area (Å²) >= 11 is 0. The van der Waals surface area contributed by atoms with Crippen molar-refractivity contribution in [1.29, 1.82) is 0 Å². The standard InChI is InChI=1S/C25H22F3N7/c1-34-9-11-35(12-10-34)16-5-7-19-21(14-16)32-23(30-19)15-4-6-18-20(13-15)33-24(31-18)22-17(25(26,27)28)3-2-8-29-22/h2-8,13-14H,9-12H2,1H3,(H,30,32)(H,31,33). The molecular formula is C25H22F3N7. The lowest BCUT2D eigenvalue weighted by atomic mass is 10.2. The van der Waals surface area contributed by atoms with E-state index >= 15 is 0 Å². The summed E-state index contributed by atoms with van der Waals surface area (Å²) in [4.78, 5) is 24.1. The molecule has 6 rings (SSSR count). The summed E-state index contributed by atoms with van der Waals surface area (Å²) in [5.41, 5.74) is 3.86. The highest BCUT2D eigenvalue weighted by Gasteiger charge is 2.35. The van der Waals surface area contributed by atoms with Gasteiger partial charge in [-0.05, 0) is 55.6 Å². The smallest absolute Gasteiger partial charge is 0.369 e. The molecule has 10 heteroatoms. The van der Waals surface area contributed by atoms with Crippen LogP contribution in [0.25, 0.3) is 45.0 Å². The lowest BCUT2D eigenvalue weighted by Crippen LogP contribution is -2.44. The highest BCUT2D eigenvalue weighted by molar-refractivity contribution is 5.87. The molecule has 0 unspecified atom stereocenters. The molecule has 3 aromatic heterocycles. The minimum atomic E-state index is -4.52. The predicted octanol–water partition coefficient (Wildman–Crippen LogP) is 4.94. The van der Waals surface area contributed by atoms with Gasteiger partial charge in [0.15, 0.2) is 5.82 Å². The predicted molar refractivity (Wildman–Crippen MR) is 129 cm³/mol. The van der Waals surface area contributed by atoms with Crippen LogP contribution < -0.4 is 4.90 Å². The molecule has 1 fully saturated rings. The van der Waals surface area contributed by atoms with Crippen LogP contribution in [-0.2, 0) is 6.18 Å². The van der Waals surface area contributed by atoms with Gasteiger partial charge >= 0.3 is 6.18 Å². The van der Waals surface area contributed by atoms with Crippen LogP contribution in [-0.4, -0.2) is 63.0 Å². The van der Waals surface area contributed by atoms with Crippen molar-refractivity contribution in [2.24, 2.45) is 0 Å². The third-order valence-electron chi connectivity index (χ3n) is 6.43. The summed E-state index contributed by atoms with van der Waals surface area (Å²) < 4.78 is 40.3. The van der Waals surface area contributed by atoms with Crippen LogP contribution in [0, 0.1) is 0 Å². The van der Waals surface area contributed by atoms with Crippen LogP contribution in [0.3, 0.4) is 0 Å². The molecule has 0 bridgehead atoms. The largest absolute Gasteiger partial charge is 0.418 e. The summed E-state index contributed by atoms with van der Waals surface area (Å²) in [7, 11) is 2.13. The van der Waals surface area contributed by atoms with E-state index < -0.39 is 11.7 Å². The average Bonchev–Trinajstić information content (AvgIpc) is 3.47. The Labute approximate surface area is 198 Å². The highest BCUT2D eigenvalue weighted by Crippen LogP contribution is 2.35. The van der Waals surface area contributed by atoms with Crippen molar-refractivity contribution in [3.8, 4) is 22.9 Å². The molecule has 0 amide bonds. The number of rotatable bonds is 3. The maximum atomic E-state index is 13.4. The van der Waals surface area contributed by atoms with E-state index in [1.165, 1.54) is 12.3 Å². The van der Waals surface area contributed by atoms with Gasteiger partial charge in [0.25, 0.3) is 0 Å². The van der Waals surface area contributed by atoms with E-state index in [1.807, 2.05) is 18.2 Å². The number of alkyl halides is 3. The van der Waals surface area contributed by atoms with Crippen LogP contribution in [0.5, 0.6) is 0 Å². The fraction of sp³-hybridized carbons (Fsp3) is 0.240. The van der Waals surface area contributed by atoms with E-state index in [0.717, 1.165) is 54.5 Å². The van der Waals surface area contributed by atoms with Gasteiger partial charge in [0.2, 0.25) is 0 Å². The third kappa shape index (κ3) is 3.99. The highest BCUT2D eigenvalue weighted by atomic mass is 19.4. The molecule has 1 aliphatic heterocycles. The maximum absolute atomic E-state index is 13.4. The number of H-pyrrole nitrogens is 2. The van der Waals surface area contributed by atoms with Gasteiger partial charge in [-0.15, -0.1) is 0 Å². The zero-order valence-corrected chi connectivity index (χ0v) is 18.9. The number of anilines is 1. The van der Waals surface area contributed by atoms with Crippen LogP contribution >= 0.6 is 0 Å². The lowest BCUT2D eigenvalue weighted by molar-refractivity contribution is -0.137. The lowest BCUT2D eigenvalue weighted by Gasteiger charge is -2.34. The second-order valence-corrected chi connectivity index (χ2v) is 8.79.